The first-order chi connectivity index (χ1) is 8.08. The van der Waals surface area contributed by atoms with Crippen LogP contribution < -0.4 is 5.01 Å². The molecule has 2 rings (SSSR count). The number of aryl methyl sites for hydroxylation is 1. The van der Waals surface area contributed by atoms with Gasteiger partial charge < -0.3 is 5.11 Å². The van der Waals surface area contributed by atoms with Crippen molar-refractivity contribution in [2.45, 2.75) is 19.8 Å². The van der Waals surface area contributed by atoms with E-state index < -0.39 is 5.97 Å². The second-order valence-corrected chi connectivity index (χ2v) is 3.89. The normalized spacial score (nSPS) is 15.7. The molecule has 1 N–H and O–H groups in total. The fourth-order valence-corrected chi connectivity index (χ4v) is 1.60. The number of hydrazone groups is 1. The minimum atomic E-state index is -1.07. The molecule has 88 valence electrons. The molecule has 17 heavy (non-hydrogen) atoms. The highest BCUT2D eigenvalue weighted by atomic mass is 16.4. The van der Waals surface area contributed by atoms with Crippen LogP contribution in [0.1, 0.15) is 18.4 Å². The lowest BCUT2D eigenvalue weighted by Crippen LogP contribution is -2.34. The summed E-state index contributed by atoms with van der Waals surface area (Å²) in [4.78, 5) is 22.5. The largest absolute Gasteiger partial charge is 0.477 e. The van der Waals surface area contributed by atoms with Gasteiger partial charge in [0.15, 0.2) is 0 Å². The first kappa shape index (κ1) is 11.3. The zero-order valence-electron chi connectivity index (χ0n) is 9.38. The van der Waals surface area contributed by atoms with Crippen molar-refractivity contribution in [3.63, 3.8) is 0 Å². The molecule has 0 aliphatic carbocycles. The predicted octanol–water partition coefficient (Wildman–Crippen LogP) is 1.56. The van der Waals surface area contributed by atoms with Crippen molar-refractivity contribution in [3.8, 4) is 0 Å². The number of rotatable bonds is 2. The fraction of sp³-hybridized carbons (Fsp3) is 0.250. The number of hydrogen-bond acceptors (Lipinski definition) is 3. The molecule has 0 saturated heterocycles. The van der Waals surface area contributed by atoms with Gasteiger partial charge in [-0.3, -0.25) is 4.79 Å². The summed E-state index contributed by atoms with van der Waals surface area (Å²) in [7, 11) is 0. The maximum Gasteiger partial charge on any atom is 0.352 e. The molecule has 1 aliphatic heterocycles. The van der Waals surface area contributed by atoms with Crippen LogP contribution in [-0.4, -0.2) is 22.7 Å². The molecule has 1 amide bonds. The van der Waals surface area contributed by atoms with Crippen molar-refractivity contribution >= 4 is 23.3 Å². The van der Waals surface area contributed by atoms with Crippen LogP contribution in [0.25, 0.3) is 0 Å². The predicted molar refractivity (Wildman–Crippen MR) is 63.0 cm³/mol. The molecule has 0 radical (unpaired) electrons. The third-order valence-corrected chi connectivity index (χ3v) is 2.56. The van der Waals surface area contributed by atoms with E-state index in [2.05, 4.69) is 5.10 Å². The number of hydrogen-bond donors (Lipinski definition) is 1. The Balaban J connectivity index is 2.35. The molecular formula is C12H12N2O3. The SMILES string of the molecule is Cc1ccc(N2N=C(C(=O)O)CCC2=O)cc1. The molecule has 1 aromatic carbocycles. The van der Waals surface area contributed by atoms with Crippen molar-refractivity contribution in [3.05, 3.63) is 29.8 Å². The Morgan fingerprint density at radius 1 is 1.29 bits per heavy atom. The molecule has 1 heterocycles. The number of aliphatic carboxylic acids is 1. The average Bonchev–Trinajstić information content (AvgIpc) is 2.31. The third kappa shape index (κ3) is 2.33. The van der Waals surface area contributed by atoms with Crippen molar-refractivity contribution in [2.75, 3.05) is 5.01 Å². The van der Waals surface area contributed by atoms with Crippen molar-refractivity contribution in [2.24, 2.45) is 5.10 Å². The van der Waals surface area contributed by atoms with Crippen molar-refractivity contribution < 1.29 is 14.7 Å². The van der Waals surface area contributed by atoms with Crippen molar-refractivity contribution in [1.29, 1.82) is 0 Å². The maximum absolute atomic E-state index is 11.7. The van der Waals surface area contributed by atoms with E-state index in [9.17, 15) is 9.59 Å². The highest BCUT2D eigenvalue weighted by molar-refractivity contribution is 6.37. The van der Waals surface area contributed by atoms with Crippen molar-refractivity contribution in [1.82, 2.24) is 0 Å². The average molecular weight is 232 g/mol. The van der Waals surface area contributed by atoms with Gasteiger partial charge in [0, 0.05) is 12.8 Å². The summed E-state index contributed by atoms with van der Waals surface area (Å²) in [5.41, 5.74) is 1.69. The number of anilines is 1. The number of carbonyl (C=O) groups excluding carboxylic acids is 1. The molecule has 0 spiro atoms. The minimum absolute atomic E-state index is 0.0187. The molecule has 0 saturated carbocycles. The van der Waals surface area contributed by atoms with E-state index >= 15 is 0 Å². The zero-order valence-corrected chi connectivity index (χ0v) is 9.38. The van der Waals surface area contributed by atoms with E-state index in [4.69, 9.17) is 5.11 Å². The molecule has 1 aliphatic rings. The molecule has 0 fully saturated rings. The van der Waals surface area contributed by atoms with Gasteiger partial charge in [-0.1, -0.05) is 17.7 Å². The Hall–Kier alpha value is -2.17. The topological polar surface area (TPSA) is 70.0 Å². The molecule has 0 bridgehead atoms. The zero-order chi connectivity index (χ0) is 12.4. The van der Waals surface area contributed by atoms with Gasteiger partial charge in [-0.25, -0.2) is 9.80 Å². The Morgan fingerprint density at radius 2 is 1.94 bits per heavy atom. The van der Waals surface area contributed by atoms with Gasteiger partial charge in [0.25, 0.3) is 0 Å². The lowest BCUT2D eigenvalue weighted by molar-refractivity contribution is -0.129. The van der Waals surface area contributed by atoms with Gasteiger partial charge in [0.1, 0.15) is 5.71 Å². The van der Waals surface area contributed by atoms with Crippen LogP contribution in [0.15, 0.2) is 29.4 Å². The molecule has 0 aromatic heterocycles. The second kappa shape index (κ2) is 4.37. The van der Waals surface area contributed by atoms with E-state index in [0.717, 1.165) is 10.6 Å². The van der Waals surface area contributed by atoms with Gasteiger partial charge in [-0.15, -0.1) is 0 Å². The van der Waals surface area contributed by atoms with Gasteiger partial charge in [0.2, 0.25) is 5.91 Å². The minimum Gasteiger partial charge on any atom is -0.477 e. The summed E-state index contributed by atoms with van der Waals surface area (Å²) < 4.78 is 0. The van der Waals surface area contributed by atoms with E-state index in [1.54, 1.807) is 12.1 Å². The highest BCUT2D eigenvalue weighted by Gasteiger charge is 2.24. The molecule has 1 aromatic rings. The first-order valence-corrected chi connectivity index (χ1v) is 5.28. The van der Waals surface area contributed by atoms with E-state index in [1.807, 2.05) is 19.1 Å². The highest BCUT2D eigenvalue weighted by Crippen LogP contribution is 2.20. The van der Waals surface area contributed by atoms with Crippen LogP contribution in [0.5, 0.6) is 0 Å². The Labute approximate surface area is 98.4 Å². The third-order valence-electron chi connectivity index (χ3n) is 2.56. The van der Waals surface area contributed by atoms with Crippen LogP contribution in [0, 0.1) is 6.92 Å². The van der Waals surface area contributed by atoms with E-state index in [0.29, 0.717) is 5.69 Å². The van der Waals surface area contributed by atoms with Crippen LogP contribution in [0.3, 0.4) is 0 Å². The van der Waals surface area contributed by atoms with Crippen LogP contribution >= 0.6 is 0 Å². The van der Waals surface area contributed by atoms with Gasteiger partial charge in [-0.2, -0.15) is 5.10 Å². The van der Waals surface area contributed by atoms with Gasteiger partial charge >= 0.3 is 5.97 Å². The maximum atomic E-state index is 11.7. The monoisotopic (exact) mass is 232 g/mol. The summed E-state index contributed by atoms with van der Waals surface area (Å²) in [6, 6.07) is 7.21. The smallest absolute Gasteiger partial charge is 0.352 e. The molecule has 5 nitrogen and oxygen atoms in total. The number of nitrogens with zero attached hydrogens (tertiary/aromatic N) is 2. The fourth-order valence-electron chi connectivity index (χ4n) is 1.60. The lowest BCUT2D eigenvalue weighted by atomic mass is 10.1. The second-order valence-electron chi connectivity index (χ2n) is 3.89. The number of amides is 1. The Morgan fingerprint density at radius 3 is 2.53 bits per heavy atom. The number of carboxylic acid groups (broad SMARTS) is 1. The van der Waals surface area contributed by atoms with E-state index in [-0.39, 0.29) is 24.5 Å². The summed E-state index contributed by atoms with van der Waals surface area (Å²) in [5, 5.41) is 13.9. The first-order valence-electron chi connectivity index (χ1n) is 5.28. The summed E-state index contributed by atoms with van der Waals surface area (Å²) >= 11 is 0. The summed E-state index contributed by atoms with van der Waals surface area (Å²) in [6.45, 7) is 1.94. The molecule has 0 atom stereocenters. The molecule has 0 unspecified atom stereocenters. The quantitative estimate of drug-likeness (QED) is 0.841. The Bertz CT molecular complexity index is 491. The van der Waals surface area contributed by atoms with Crippen LogP contribution in [-0.2, 0) is 9.59 Å². The Kier molecular flexibility index (Phi) is 2.91. The standard InChI is InChI=1S/C12H12N2O3/c1-8-2-4-9(5-3-8)14-11(15)7-6-10(13-14)12(16)17/h2-5H,6-7H2,1H3,(H,16,17). The lowest BCUT2D eigenvalue weighted by Gasteiger charge is -2.22. The molecular weight excluding hydrogens is 220 g/mol. The van der Waals surface area contributed by atoms with Crippen LogP contribution in [0.4, 0.5) is 5.69 Å². The molecule has 5 heteroatoms. The van der Waals surface area contributed by atoms with E-state index in [1.165, 1.54) is 0 Å². The van der Waals surface area contributed by atoms with Gasteiger partial charge in [0.05, 0.1) is 5.69 Å². The van der Waals surface area contributed by atoms with Gasteiger partial charge in [-0.05, 0) is 19.1 Å². The number of benzene rings is 1. The number of carboxylic acids is 1. The number of carbonyl (C=O) groups is 2. The summed E-state index contributed by atoms with van der Waals surface area (Å²) in [5.74, 6) is -1.26. The summed E-state index contributed by atoms with van der Waals surface area (Å²) in [6.07, 6.45) is 0.371. The van der Waals surface area contributed by atoms with Crippen LogP contribution in [0.2, 0.25) is 0 Å².